The number of methoxy groups -OCH3 is 1. The minimum Gasteiger partial charge on any atom is -0.488 e. The van der Waals surface area contributed by atoms with Gasteiger partial charge in [0, 0.05) is 6.92 Å². The second kappa shape index (κ2) is 8.96. The lowest BCUT2D eigenvalue weighted by Gasteiger charge is -2.09. The SMILES string of the molecule is COc1c(OC(C)=O)ccc(/C=N\NC(=O)c2ccc(C)cc2Cl)c1[N+](=O)[O-]. The molecule has 28 heavy (non-hydrogen) atoms. The number of carbonyl (C=O) groups is 2. The molecule has 2 aromatic rings. The maximum absolute atomic E-state index is 12.2. The number of hydrazone groups is 1. The monoisotopic (exact) mass is 405 g/mol. The molecule has 0 bridgehead atoms. The first kappa shape index (κ1) is 20.8. The summed E-state index contributed by atoms with van der Waals surface area (Å²) in [5.74, 6) is -1.57. The molecule has 0 spiro atoms. The van der Waals surface area contributed by atoms with E-state index in [1.807, 2.05) is 6.92 Å². The molecule has 0 fully saturated rings. The number of esters is 1. The van der Waals surface area contributed by atoms with Crippen molar-refractivity contribution in [3.63, 3.8) is 0 Å². The van der Waals surface area contributed by atoms with E-state index in [1.165, 1.54) is 19.2 Å². The van der Waals surface area contributed by atoms with Gasteiger partial charge in [-0.15, -0.1) is 0 Å². The van der Waals surface area contributed by atoms with Crippen molar-refractivity contribution in [1.82, 2.24) is 5.43 Å². The second-order valence-corrected chi connectivity index (χ2v) is 5.98. The van der Waals surface area contributed by atoms with Crippen LogP contribution in [-0.4, -0.2) is 30.1 Å². The van der Waals surface area contributed by atoms with Crippen molar-refractivity contribution in [1.29, 1.82) is 0 Å². The highest BCUT2D eigenvalue weighted by atomic mass is 35.5. The Labute approximate surface area is 165 Å². The molecular formula is C18H16ClN3O6. The molecular weight excluding hydrogens is 390 g/mol. The summed E-state index contributed by atoms with van der Waals surface area (Å²) in [6, 6.07) is 7.53. The summed E-state index contributed by atoms with van der Waals surface area (Å²) in [7, 11) is 1.21. The van der Waals surface area contributed by atoms with Gasteiger partial charge in [0.05, 0.1) is 34.4 Å². The van der Waals surface area contributed by atoms with E-state index in [0.29, 0.717) is 0 Å². The van der Waals surface area contributed by atoms with Crippen LogP contribution in [0.1, 0.15) is 28.4 Å². The zero-order valence-electron chi connectivity index (χ0n) is 15.2. The Hall–Kier alpha value is -3.46. The predicted octanol–water partition coefficient (Wildman–Crippen LogP) is 3.25. The highest BCUT2D eigenvalue weighted by molar-refractivity contribution is 6.33. The second-order valence-electron chi connectivity index (χ2n) is 5.57. The molecule has 0 saturated heterocycles. The minimum atomic E-state index is -0.703. The summed E-state index contributed by atoms with van der Waals surface area (Å²) in [4.78, 5) is 34.1. The largest absolute Gasteiger partial charge is 0.488 e. The molecule has 0 radical (unpaired) electrons. The highest BCUT2D eigenvalue weighted by Gasteiger charge is 2.25. The number of nitro groups is 1. The van der Waals surface area contributed by atoms with Gasteiger partial charge in [0.1, 0.15) is 0 Å². The van der Waals surface area contributed by atoms with Crippen molar-refractivity contribution in [2.45, 2.75) is 13.8 Å². The number of halogens is 1. The van der Waals surface area contributed by atoms with E-state index in [9.17, 15) is 19.7 Å². The number of benzene rings is 2. The van der Waals surface area contributed by atoms with Crippen LogP contribution >= 0.6 is 11.6 Å². The third kappa shape index (κ3) is 4.83. The van der Waals surface area contributed by atoms with Gasteiger partial charge in [-0.3, -0.25) is 19.7 Å². The first-order valence-corrected chi connectivity index (χ1v) is 8.25. The zero-order valence-corrected chi connectivity index (χ0v) is 15.9. The standard InChI is InChI=1S/C18H16ClN3O6/c1-10-4-6-13(14(19)8-10)18(24)21-20-9-12-5-7-15(28-11(2)23)17(27-3)16(12)22(25)26/h4-9H,1-3H3,(H,21,24)/b20-9-. The van der Waals surface area contributed by atoms with E-state index in [-0.39, 0.29) is 27.6 Å². The maximum Gasteiger partial charge on any atom is 0.323 e. The molecule has 2 rings (SSSR count). The number of nitro benzene ring substituents is 1. The Morgan fingerprint density at radius 1 is 1.29 bits per heavy atom. The number of hydrogen-bond acceptors (Lipinski definition) is 7. The van der Waals surface area contributed by atoms with Crippen LogP contribution in [0, 0.1) is 17.0 Å². The Balaban J connectivity index is 2.30. The average molecular weight is 406 g/mol. The number of rotatable bonds is 6. The van der Waals surface area contributed by atoms with Gasteiger partial charge in [0.25, 0.3) is 5.91 Å². The number of hydrogen-bond donors (Lipinski definition) is 1. The van der Waals surface area contributed by atoms with Gasteiger partial charge in [0.2, 0.25) is 5.75 Å². The number of carbonyl (C=O) groups excluding carboxylic acids is 2. The topological polar surface area (TPSA) is 120 Å². The molecule has 0 unspecified atom stereocenters. The fraction of sp³-hybridized carbons (Fsp3) is 0.167. The minimum absolute atomic E-state index is 0.0352. The molecule has 1 amide bonds. The van der Waals surface area contributed by atoms with E-state index in [1.54, 1.807) is 18.2 Å². The fourth-order valence-electron chi connectivity index (χ4n) is 2.32. The molecule has 0 aliphatic carbocycles. The van der Waals surface area contributed by atoms with Crippen LogP contribution in [-0.2, 0) is 4.79 Å². The Morgan fingerprint density at radius 2 is 2.00 bits per heavy atom. The van der Waals surface area contributed by atoms with Gasteiger partial charge in [-0.05, 0) is 36.8 Å². The van der Waals surface area contributed by atoms with Crippen LogP contribution in [0.5, 0.6) is 11.5 Å². The van der Waals surface area contributed by atoms with Crippen molar-refractivity contribution in [3.8, 4) is 11.5 Å². The lowest BCUT2D eigenvalue weighted by atomic mass is 10.1. The van der Waals surface area contributed by atoms with E-state index in [4.69, 9.17) is 21.1 Å². The van der Waals surface area contributed by atoms with Crippen LogP contribution in [0.4, 0.5) is 5.69 Å². The Kier molecular flexibility index (Phi) is 6.67. The van der Waals surface area contributed by atoms with E-state index in [2.05, 4.69) is 10.5 Å². The fourth-order valence-corrected chi connectivity index (χ4v) is 2.64. The first-order chi connectivity index (χ1) is 13.2. The van der Waals surface area contributed by atoms with Crippen molar-refractivity contribution in [3.05, 3.63) is 62.2 Å². The lowest BCUT2D eigenvalue weighted by Crippen LogP contribution is -2.18. The van der Waals surface area contributed by atoms with E-state index >= 15 is 0 Å². The molecule has 0 aromatic heterocycles. The molecule has 146 valence electrons. The smallest absolute Gasteiger partial charge is 0.323 e. The summed E-state index contributed by atoms with van der Waals surface area (Å²) in [6.45, 7) is 2.99. The summed E-state index contributed by atoms with van der Waals surface area (Å²) in [6.07, 6.45) is 1.08. The van der Waals surface area contributed by atoms with Crippen molar-refractivity contribution in [2.75, 3.05) is 7.11 Å². The predicted molar refractivity (Wildman–Crippen MR) is 102 cm³/mol. The molecule has 0 aliphatic rings. The van der Waals surface area contributed by atoms with Crippen LogP contribution in [0.2, 0.25) is 5.02 Å². The first-order valence-electron chi connectivity index (χ1n) is 7.88. The highest BCUT2D eigenvalue weighted by Crippen LogP contribution is 2.39. The van der Waals surface area contributed by atoms with Crippen LogP contribution in [0.15, 0.2) is 35.4 Å². The van der Waals surface area contributed by atoms with Crippen LogP contribution in [0.25, 0.3) is 0 Å². The summed E-state index contributed by atoms with van der Waals surface area (Å²) >= 11 is 6.03. The van der Waals surface area contributed by atoms with Gasteiger partial charge < -0.3 is 9.47 Å². The zero-order chi connectivity index (χ0) is 20.8. The third-order valence-electron chi connectivity index (χ3n) is 3.51. The molecule has 0 aliphatic heterocycles. The number of nitrogens with one attached hydrogen (secondary N) is 1. The molecule has 2 aromatic carbocycles. The quantitative estimate of drug-likeness (QED) is 0.259. The Morgan fingerprint density at radius 3 is 2.57 bits per heavy atom. The molecule has 1 N–H and O–H groups in total. The van der Waals surface area contributed by atoms with Crippen molar-refractivity contribution in [2.24, 2.45) is 5.10 Å². The van der Waals surface area contributed by atoms with E-state index < -0.39 is 22.5 Å². The van der Waals surface area contributed by atoms with Crippen molar-refractivity contribution >= 4 is 35.4 Å². The Bertz CT molecular complexity index is 974. The molecule has 0 saturated carbocycles. The lowest BCUT2D eigenvalue weighted by molar-refractivity contribution is -0.385. The van der Waals surface area contributed by atoms with Crippen LogP contribution < -0.4 is 14.9 Å². The summed E-state index contributed by atoms with van der Waals surface area (Å²) < 4.78 is 9.93. The van der Waals surface area contributed by atoms with Gasteiger partial charge >= 0.3 is 11.7 Å². The number of ether oxygens (including phenoxy) is 2. The summed E-state index contributed by atoms with van der Waals surface area (Å²) in [5, 5.41) is 15.4. The molecule has 0 atom stereocenters. The van der Waals surface area contributed by atoms with Gasteiger partial charge in [-0.1, -0.05) is 17.7 Å². The molecule has 0 heterocycles. The van der Waals surface area contributed by atoms with Gasteiger partial charge in [-0.25, -0.2) is 5.43 Å². The van der Waals surface area contributed by atoms with Crippen molar-refractivity contribution < 1.29 is 24.0 Å². The third-order valence-corrected chi connectivity index (χ3v) is 3.82. The number of aryl methyl sites for hydroxylation is 1. The molecule has 9 nitrogen and oxygen atoms in total. The van der Waals surface area contributed by atoms with E-state index in [0.717, 1.165) is 18.7 Å². The molecule has 10 heteroatoms. The normalized spacial score (nSPS) is 10.6. The van der Waals surface area contributed by atoms with Crippen LogP contribution in [0.3, 0.4) is 0 Å². The summed E-state index contributed by atoms with van der Waals surface area (Å²) in [5.41, 5.74) is 2.92. The number of nitrogens with zero attached hydrogens (tertiary/aromatic N) is 2. The average Bonchev–Trinajstić information content (AvgIpc) is 2.61. The van der Waals surface area contributed by atoms with Gasteiger partial charge in [0.15, 0.2) is 5.75 Å². The number of amides is 1. The maximum atomic E-state index is 12.2. The van der Waals surface area contributed by atoms with Gasteiger partial charge in [-0.2, -0.15) is 5.10 Å².